The largest absolute Gasteiger partial charge is 0.345 e. The number of aromatic nitrogens is 1. The maximum Gasteiger partial charge on any atom is 0.0992 e. The van der Waals surface area contributed by atoms with E-state index in [9.17, 15) is 0 Å². The number of nitrogens with zero attached hydrogens (tertiary/aromatic N) is 2. The highest BCUT2D eigenvalue weighted by molar-refractivity contribution is 5.82. The Morgan fingerprint density at radius 2 is 2.26 bits per heavy atom. The van der Waals surface area contributed by atoms with Crippen molar-refractivity contribution in [1.82, 2.24) is 9.88 Å². The summed E-state index contributed by atoms with van der Waals surface area (Å²) in [4.78, 5) is 0. The van der Waals surface area contributed by atoms with Crippen molar-refractivity contribution in [2.45, 2.75) is 38.8 Å². The van der Waals surface area contributed by atoms with E-state index >= 15 is 0 Å². The standard InChI is InChI=1S/C16H19N3/c1-2-19-15(6-5-14-7-8-18-14)10-13-4-3-12(11-17)9-16(13)19/h3-4,9-10,14,18H,2,5-8H2,1H3. The van der Waals surface area contributed by atoms with Gasteiger partial charge < -0.3 is 9.88 Å². The number of nitriles is 1. The van der Waals surface area contributed by atoms with E-state index in [1.165, 1.54) is 36.0 Å². The predicted molar refractivity (Wildman–Crippen MR) is 77.1 cm³/mol. The molecule has 2 aromatic rings. The number of benzene rings is 1. The van der Waals surface area contributed by atoms with E-state index in [0.717, 1.165) is 18.5 Å². The van der Waals surface area contributed by atoms with Crippen molar-refractivity contribution < 1.29 is 0 Å². The molecular weight excluding hydrogens is 234 g/mol. The fraction of sp³-hybridized carbons (Fsp3) is 0.438. The van der Waals surface area contributed by atoms with Crippen LogP contribution in [-0.4, -0.2) is 17.2 Å². The van der Waals surface area contributed by atoms with Gasteiger partial charge in [-0.1, -0.05) is 6.07 Å². The number of aryl methyl sites for hydroxylation is 2. The minimum Gasteiger partial charge on any atom is -0.345 e. The third-order valence-corrected chi connectivity index (χ3v) is 4.11. The highest BCUT2D eigenvalue weighted by Gasteiger charge is 2.17. The second kappa shape index (κ2) is 5.07. The van der Waals surface area contributed by atoms with Crippen LogP contribution in [0.3, 0.4) is 0 Å². The number of rotatable bonds is 4. The fourth-order valence-electron chi connectivity index (χ4n) is 2.88. The van der Waals surface area contributed by atoms with E-state index in [0.29, 0.717) is 6.04 Å². The van der Waals surface area contributed by atoms with Gasteiger partial charge in [-0.3, -0.25) is 0 Å². The molecule has 3 nitrogen and oxygen atoms in total. The van der Waals surface area contributed by atoms with E-state index in [-0.39, 0.29) is 0 Å². The van der Waals surface area contributed by atoms with Crippen LogP contribution in [0.25, 0.3) is 10.9 Å². The minimum absolute atomic E-state index is 0.706. The summed E-state index contributed by atoms with van der Waals surface area (Å²) >= 11 is 0. The van der Waals surface area contributed by atoms with Crippen LogP contribution in [0.15, 0.2) is 24.3 Å². The topological polar surface area (TPSA) is 40.8 Å². The molecule has 0 amide bonds. The second-order valence-electron chi connectivity index (χ2n) is 5.24. The lowest BCUT2D eigenvalue weighted by molar-refractivity contribution is 0.349. The molecule has 19 heavy (non-hydrogen) atoms. The van der Waals surface area contributed by atoms with Gasteiger partial charge in [0.2, 0.25) is 0 Å². The third-order valence-electron chi connectivity index (χ3n) is 4.11. The Morgan fingerprint density at radius 1 is 1.42 bits per heavy atom. The molecule has 0 bridgehead atoms. The zero-order valence-corrected chi connectivity index (χ0v) is 11.3. The minimum atomic E-state index is 0.706. The van der Waals surface area contributed by atoms with Gasteiger partial charge >= 0.3 is 0 Å². The summed E-state index contributed by atoms with van der Waals surface area (Å²) in [6.45, 7) is 4.31. The Bertz CT molecular complexity index is 629. The lowest BCUT2D eigenvalue weighted by Gasteiger charge is -2.27. The highest BCUT2D eigenvalue weighted by atomic mass is 15.0. The average molecular weight is 253 g/mol. The van der Waals surface area contributed by atoms with E-state index in [4.69, 9.17) is 5.26 Å². The molecule has 1 N–H and O–H groups in total. The first-order valence-corrected chi connectivity index (χ1v) is 7.07. The molecule has 98 valence electrons. The highest BCUT2D eigenvalue weighted by Crippen LogP contribution is 2.23. The number of hydrogen-bond donors (Lipinski definition) is 1. The fourth-order valence-corrected chi connectivity index (χ4v) is 2.88. The maximum atomic E-state index is 9.02. The van der Waals surface area contributed by atoms with Crippen molar-refractivity contribution in [3.05, 3.63) is 35.5 Å². The first-order valence-electron chi connectivity index (χ1n) is 7.07. The van der Waals surface area contributed by atoms with Crippen LogP contribution >= 0.6 is 0 Å². The van der Waals surface area contributed by atoms with Crippen molar-refractivity contribution in [3.8, 4) is 6.07 Å². The van der Waals surface area contributed by atoms with Gasteiger partial charge in [0.1, 0.15) is 0 Å². The SMILES string of the molecule is CCn1c(CCC2CCN2)cc2ccc(C#N)cc21. The normalized spacial score (nSPS) is 18.2. The van der Waals surface area contributed by atoms with E-state index in [1.54, 1.807) is 0 Å². The quantitative estimate of drug-likeness (QED) is 0.910. The lowest BCUT2D eigenvalue weighted by Crippen LogP contribution is -2.43. The Kier molecular flexibility index (Phi) is 3.27. The molecule has 0 saturated carbocycles. The maximum absolute atomic E-state index is 9.02. The molecule has 1 aromatic carbocycles. The lowest BCUT2D eigenvalue weighted by atomic mass is 10.0. The predicted octanol–water partition coefficient (Wildman–Crippen LogP) is 2.83. The van der Waals surface area contributed by atoms with Crippen molar-refractivity contribution in [2.75, 3.05) is 6.54 Å². The Morgan fingerprint density at radius 3 is 2.89 bits per heavy atom. The van der Waals surface area contributed by atoms with Crippen LogP contribution in [0.2, 0.25) is 0 Å². The van der Waals surface area contributed by atoms with E-state index in [1.807, 2.05) is 12.1 Å². The average Bonchev–Trinajstić information content (AvgIpc) is 2.73. The van der Waals surface area contributed by atoms with Crippen molar-refractivity contribution in [1.29, 1.82) is 5.26 Å². The van der Waals surface area contributed by atoms with Crippen LogP contribution < -0.4 is 5.32 Å². The van der Waals surface area contributed by atoms with Gasteiger partial charge in [0.25, 0.3) is 0 Å². The molecule has 0 aliphatic carbocycles. The van der Waals surface area contributed by atoms with Crippen LogP contribution in [0.1, 0.15) is 31.0 Å². The molecule has 1 unspecified atom stereocenters. The van der Waals surface area contributed by atoms with Gasteiger partial charge in [-0.25, -0.2) is 0 Å². The number of hydrogen-bond acceptors (Lipinski definition) is 2. The number of fused-ring (bicyclic) bond motifs is 1. The molecule has 1 aromatic heterocycles. The Hall–Kier alpha value is -1.79. The summed E-state index contributed by atoms with van der Waals surface area (Å²) in [6, 6.07) is 11.2. The van der Waals surface area contributed by atoms with Gasteiger partial charge in [0.15, 0.2) is 0 Å². The summed E-state index contributed by atoms with van der Waals surface area (Å²) in [5.74, 6) is 0. The van der Waals surface area contributed by atoms with Gasteiger partial charge in [-0.15, -0.1) is 0 Å². The molecule has 0 spiro atoms. The van der Waals surface area contributed by atoms with Gasteiger partial charge in [-0.2, -0.15) is 5.26 Å². The molecule has 1 aliphatic rings. The monoisotopic (exact) mass is 253 g/mol. The molecule has 1 fully saturated rings. The first kappa shape index (κ1) is 12.3. The second-order valence-corrected chi connectivity index (χ2v) is 5.24. The Labute approximate surface area is 113 Å². The Balaban J connectivity index is 1.92. The van der Waals surface area contributed by atoms with Crippen LogP contribution in [0.5, 0.6) is 0 Å². The molecular formula is C16H19N3. The van der Waals surface area contributed by atoms with Gasteiger partial charge in [0, 0.05) is 23.8 Å². The molecule has 2 heterocycles. The summed E-state index contributed by atoms with van der Waals surface area (Å²) in [7, 11) is 0. The molecule has 0 radical (unpaired) electrons. The summed E-state index contributed by atoms with van der Waals surface area (Å²) in [5.41, 5.74) is 3.33. The zero-order valence-electron chi connectivity index (χ0n) is 11.3. The zero-order chi connectivity index (χ0) is 13.2. The third kappa shape index (κ3) is 2.24. The van der Waals surface area contributed by atoms with Gasteiger partial charge in [-0.05, 0) is 56.3 Å². The van der Waals surface area contributed by atoms with E-state index < -0.39 is 0 Å². The summed E-state index contributed by atoms with van der Waals surface area (Å²) in [6.07, 6.45) is 3.63. The van der Waals surface area contributed by atoms with Gasteiger partial charge in [0.05, 0.1) is 11.6 Å². The summed E-state index contributed by atoms with van der Waals surface area (Å²) < 4.78 is 2.34. The van der Waals surface area contributed by atoms with Crippen molar-refractivity contribution in [2.24, 2.45) is 0 Å². The molecule has 1 saturated heterocycles. The van der Waals surface area contributed by atoms with Crippen LogP contribution in [0, 0.1) is 11.3 Å². The molecule has 3 rings (SSSR count). The smallest absolute Gasteiger partial charge is 0.0992 e. The van der Waals surface area contributed by atoms with Crippen LogP contribution in [0.4, 0.5) is 0 Å². The van der Waals surface area contributed by atoms with Crippen molar-refractivity contribution >= 4 is 10.9 Å². The van der Waals surface area contributed by atoms with Crippen molar-refractivity contribution in [3.63, 3.8) is 0 Å². The molecule has 3 heteroatoms. The first-order chi connectivity index (χ1) is 9.31. The molecule has 1 atom stereocenters. The van der Waals surface area contributed by atoms with Crippen LogP contribution in [-0.2, 0) is 13.0 Å². The number of nitrogens with one attached hydrogen (secondary N) is 1. The van der Waals surface area contributed by atoms with E-state index in [2.05, 4.69) is 35.0 Å². The molecule has 1 aliphatic heterocycles. The summed E-state index contributed by atoms with van der Waals surface area (Å²) in [5, 5.41) is 13.7.